The van der Waals surface area contributed by atoms with Gasteiger partial charge in [0.2, 0.25) is 18.2 Å². The summed E-state index contributed by atoms with van der Waals surface area (Å²) in [5.74, 6) is -0.0214. The van der Waals surface area contributed by atoms with Gasteiger partial charge in [0.1, 0.15) is 6.29 Å². The van der Waals surface area contributed by atoms with Crippen LogP contribution in [-0.4, -0.2) is 81.6 Å². The molecule has 0 unspecified atom stereocenters. The Morgan fingerprint density at radius 2 is 1.70 bits per heavy atom. The fourth-order valence-electron chi connectivity index (χ4n) is 2.58. The molecule has 8 heteroatoms. The molecule has 2 rings (SSSR count). The van der Waals surface area contributed by atoms with Crippen LogP contribution in [0.15, 0.2) is 42.5 Å². The number of hydrogen-bond donors (Lipinski definition) is 1. The molecule has 33 heavy (non-hydrogen) atoms. The highest BCUT2D eigenvalue weighted by Gasteiger charge is 2.03. The van der Waals surface area contributed by atoms with E-state index in [4.69, 9.17) is 0 Å². The van der Waals surface area contributed by atoms with Gasteiger partial charge in [-0.3, -0.25) is 14.4 Å². The molecule has 1 aromatic carbocycles. The average Bonchev–Trinajstić information content (AvgIpc) is 3.31. The first kappa shape index (κ1) is 32.2. The number of para-hydroxylation sites is 1. The van der Waals surface area contributed by atoms with Crippen LogP contribution >= 0.6 is 0 Å². The van der Waals surface area contributed by atoms with Crippen molar-refractivity contribution in [2.45, 2.75) is 40.0 Å². The van der Waals surface area contributed by atoms with E-state index in [1.54, 1.807) is 32.0 Å². The lowest BCUT2D eigenvalue weighted by atomic mass is 10.3. The van der Waals surface area contributed by atoms with Gasteiger partial charge in [-0.1, -0.05) is 24.3 Å². The van der Waals surface area contributed by atoms with Crippen LogP contribution in [0.3, 0.4) is 0 Å². The Labute approximate surface area is 199 Å². The van der Waals surface area contributed by atoms with Gasteiger partial charge in [-0.25, -0.2) is 0 Å². The first-order chi connectivity index (χ1) is 15.8. The number of carbonyl (C=O) groups is 4. The van der Waals surface area contributed by atoms with Crippen LogP contribution in [0.2, 0.25) is 0 Å². The summed E-state index contributed by atoms with van der Waals surface area (Å²) in [6, 6.07) is 9.48. The first-order valence-corrected chi connectivity index (χ1v) is 11.2. The van der Waals surface area contributed by atoms with Gasteiger partial charge in [0.25, 0.3) is 0 Å². The Balaban J connectivity index is 0. The molecule has 3 amide bonds. The number of allylic oxidation sites excluding steroid dienone is 1. The van der Waals surface area contributed by atoms with Crippen LogP contribution in [-0.2, 0) is 19.2 Å². The molecule has 1 aliphatic heterocycles. The third-order valence-corrected chi connectivity index (χ3v) is 4.56. The number of carbonyl (C=O) groups excluding carboxylic acids is 4. The predicted molar refractivity (Wildman–Crippen MR) is 135 cm³/mol. The summed E-state index contributed by atoms with van der Waals surface area (Å²) in [5.41, 5.74) is 0.914. The molecule has 0 saturated carbocycles. The second-order valence-corrected chi connectivity index (χ2v) is 7.23. The van der Waals surface area contributed by atoms with E-state index in [0.29, 0.717) is 19.5 Å². The number of aldehydes is 1. The standard InChI is InChI=1S/C8H9NO.C7H13NO2.C5H9NO.C5H11N/c1-9(7-10)8-5-3-2-4-6-8;1-3-8(7(2)10)5-4-6-9;1-3-4-5(7)6-2;1-6-4-2-3-5-6/h2-7H,1H3;6H,3-5H2,1-2H3;3-4H,1-2H3,(H,6,7);2-5H2,1H3/b;;4-3+;. The molecule has 8 nitrogen and oxygen atoms in total. The van der Waals surface area contributed by atoms with Gasteiger partial charge < -0.3 is 24.8 Å². The maximum absolute atomic E-state index is 10.7. The zero-order valence-corrected chi connectivity index (χ0v) is 21.1. The summed E-state index contributed by atoms with van der Waals surface area (Å²) in [5, 5.41) is 2.44. The molecule has 1 saturated heterocycles. The van der Waals surface area contributed by atoms with E-state index in [2.05, 4.69) is 17.3 Å². The second-order valence-electron chi connectivity index (χ2n) is 7.23. The number of likely N-dealkylation sites (N-methyl/N-ethyl adjacent to an activating group) is 1. The van der Waals surface area contributed by atoms with E-state index in [9.17, 15) is 19.2 Å². The summed E-state index contributed by atoms with van der Waals surface area (Å²) < 4.78 is 0. The van der Waals surface area contributed by atoms with Crippen molar-refractivity contribution in [3.05, 3.63) is 42.5 Å². The number of nitrogens with one attached hydrogen (secondary N) is 1. The molecule has 0 aliphatic carbocycles. The monoisotopic (exact) mass is 462 g/mol. The maximum Gasteiger partial charge on any atom is 0.243 e. The highest BCUT2D eigenvalue weighted by Crippen LogP contribution is 2.07. The van der Waals surface area contributed by atoms with E-state index in [-0.39, 0.29) is 11.8 Å². The maximum atomic E-state index is 10.7. The molecule has 1 N–H and O–H groups in total. The van der Waals surface area contributed by atoms with Crippen LogP contribution in [0, 0.1) is 0 Å². The average molecular weight is 463 g/mol. The molecule has 1 heterocycles. The summed E-state index contributed by atoms with van der Waals surface area (Å²) >= 11 is 0. The van der Waals surface area contributed by atoms with E-state index in [1.165, 1.54) is 43.8 Å². The second kappa shape index (κ2) is 22.2. The Morgan fingerprint density at radius 1 is 1.12 bits per heavy atom. The van der Waals surface area contributed by atoms with Crippen molar-refractivity contribution in [3.8, 4) is 0 Å². The lowest BCUT2D eigenvalue weighted by Gasteiger charge is -2.16. The van der Waals surface area contributed by atoms with Crippen LogP contribution in [0.5, 0.6) is 0 Å². The van der Waals surface area contributed by atoms with Gasteiger partial charge in [0.05, 0.1) is 0 Å². The number of hydrogen-bond acceptors (Lipinski definition) is 5. The highest BCUT2D eigenvalue weighted by molar-refractivity contribution is 5.87. The number of amides is 3. The number of benzene rings is 1. The molecule has 0 aromatic heterocycles. The molecule has 186 valence electrons. The lowest BCUT2D eigenvalue weighted by molar-refractivity contribution is -0.128. The summed E-state index contributed by atoms with van der Waals surface area (Å²) in [4.78, 5) is 46.6. The summed E-state index contributed by atoms with van der Waals surface area (Å²) in [7, 11) is 5.50. The highest BCUT2D eigenvalue weighted by atomic mass is 16.2. The number of likely N-dealkylation sites (tertiary alicyclic amines) is 1. The molecule has 0 bridgehead atoms. The first-order valence-electron chi connectivity index (χ1n) is 11.2. The molecule has 0 radical (unpaired) electrons. The van der Waals surface area contributed by atoms with E-state index >= 15 is 0 Å². The lowest BCUT2D eigenvalue weighted by Crippen LogP contribution is -2.29. The largest absolute Gasteiger partial charge is 0.356 e. The Bertz CT molecular complexity index is 674. The Kier molecular flexibility index (Phi) is 21.7. The quantitative estimate of drug-likeness (QED) is 0.497. The smallest absolute Gasteiger partial charge is 0.243 e. The zero-order valence-electron chi connectivity index (χ0n) is 21.1. The van der Waals surface area contributed by atoms with Gasteiger partial charge in [0, 0.05) is 46.2 Å². The van der Waals surface area contributed by atoms with Crippen molar-refractivity contribution in [2.75, 3.05) is 52.2 Å². The minimum absolute atomic E-state index is 0.0318. The van der Waals surface area contributed by atoms with Crippen molar-refractivity contribution < 1.29 is 19.2 Å². The topological polar surface area (TPSA) is 90.0 Å². The van der Waals surface area contributed by atoms with Gasteiger partial charge >= 0.3 is 0 Å². The van der Waals surface area contributed by atoms with Crippen molar-refractivity contribution in [3.63, 3.8) is 0 Å². The van der Waals surface area contributed by atoms with Crippen LogP contribution < -0.4 is 10.2 Å². The van der Waals surface area contributed by atoms with E-state index in [1.807, 2.05) is 37.3 Å². The summed E-state index contributed by atoms with van der Waals surface area (Å²) in [6.45, 7) is 9.08. The third-order valence-electron chi connectivity index (χ3n) is 4.56. The molecule has 0 atom stereocenters. The molecule has 0 spiro atoms. The predicted octanol–water partition coefficient (Wildman–Crippen LogP) is 2.74. The van der Waals surface area contributed by atoms with E-state index in [0.717, 1.165) is 18.4 Å². The molecular formula is C25H42N4O4. The van der Waals surface area contributed by atoms with Crippen LogP contribution in [0.4, 0.5) is 5.69 Å². The fourth-order valence-corrected chi connectivity index (χ4v) is 2.58. The van der Waals surface area contributed by atoms with Crippen molar-refractivity contribution in [1.82, 2.24) is 15.1 Å². The van der Waals surface area contributed by atoms with Gasteiger partial charge in [-0.2, -0.15) is 0 Å². The minimum Gasteiger partial charge on any atom is -0.356 e. The molecule has 1 aliphatic rings. The van der Waals surface area contributed by atoms with Crippen molar-refractivity contribution in [2.24, 2.45) is 0 Å². The Morgan fingerprint density at radius 3 is 2.00 bits per heavy atom. The van der Waals surface area contributed by atoms with Crippen LogP contribution in [0.25, 0.3) is 0 Å². The molecular weight excluding hydrogens is 420 g/mol. The molecule has 1 fully saturated rings. The van der Waals surface area contributed by atoms with Crippen molar-refractivity contribution >= 4 is 30.2 Å². The number of nitrogens with zero attached hydrogens (tertiary/aromatic N) is 3. The zero-order chi connectivity index (χ0) is 25.5. The SMILES string of the molecule is C/C=C/C(=O)NC.CCN(CCC=O)C(C)=O.CN(C=O)c1ccccc1.CN1CCCC1. The summed E-state index contributed by atoms with van der Waals surface area (Å²) in [6.07, 6.45) is 8.04. The van der Waals surface area contributed by atoms with E-state index < -0.39 is 0 Å². The minimum atomic E-state index is -0.0532. The Hall–Kier alpha value is -3.00. The normalized spacial score (nSPS) is 12.1. The fraction of sp³-hybridized carbons (Fsp3) is 0.520. The van der Waals surface area contributed by atoms with Gasteiger partial charge in [0.15, 0.2) is 0 Å². The number of anilines is 1. The molecule has 1 aromatic rings. The third kappa shape index (κ3) is 19.4. The van der Waals surface area contributed by atoms with Crippen LogP contribution in [0.1, 0.15) is 40.0 Å². The number of rotatable bonds is 7. The van der Waals surface area contributed by atoms with Gasteiger partial charge in [-0.15, -0.1) is 0 Å². The van der Waals surface area contributed by atoms with Gasteiger partial charge in [-0.05, 0) is 65.0 Å². The van der Waals surface area contributed by atoms with Crippen molar-refractivity contribution in [1.29, 1.82) is 0 Å².